The second-order valence-corrected chi connectivity index (χ2v) is 7.36. The SMILES string of the molecule is COc1c(C)cc(C2(c3ccnc(Br)c3)N=C(N)c3c(F)cccc32)cc1F. The molecule has 4 nitrogen and oxygen atoms in total. The van der Waals surface area contributed by atoms with Gasteiger partial charge in [0.2, 0.25) is 0 Å². The monoisotopic (exact) mass is 443 g/mol. The van der Waals surface area contributed by atoms with Gasteiger partial charge in [-0.05, 0) is 69.9 Å². The van der Waals surface area contributed by atoms with E-state index in [1.165, 1.54) is 19.2 Å². The van der Waals surface area contributed by atoms with E-state index in [-0.39, 0.29) is 17.1 Å². The van der Waals surface area contributed by atoms with Gasteiger partial charge in [-0.1, -0.05) is 12.1 Å². The molecule has 3 aromatic rings. The zero-order valence-electron chi connectivity index (χ0n) is 15.1. The van der Waals surface area contributed by atoms with Crippen molar-refractivity contribution in [2.24, 2.45) is 10.7 Å². The fraction of sp³-hybridized carbons (Fsp3) is 0.143. The predicted octanol–water partition coefficient (Wildman–Crippen LogP) is 4.45. The van der Waals surface area contributed by atoms with Gasteiger partial charge in [0, 0.05) is 11.8 Å². The Bertz CT molecular complexity index is 1110. The molecule has 0 saturated heterocycles. The summed E-state index contributed by atoms with van der Waals surface area (Å²) >= 11 is 3.37. The van der Waals surface area contributed by atoms with Crippen LogP contribution in [0, 0.1) is 18.6 Å². The van der Waals surface area contributed by atoms with Crippen molar-refractivity contribution in [3.63, 3.8) is 0 Å². The van der Waals surface area contributed by atoms with Gasteiger partial charge in [-0.15, -0.1) is 0 Å². The number of amidine groups is 1. The van der Waals surface area contributed by atoms with Crippen LogP contribution in [-0.2, 0) is 5.54 Å². The van der Waals surface area contributed by atoms with E-state index in [9.17, 15) is 8.78 Å². The summed E-state index contributed by atoms with van der Waals surface area (Å²) in [5.41, 5.74) is 7.51. The Labute approximate surface area is 169 Å². The summed E-state index contributed by atoms with van der Waals surface area (Å²) in [5, 5.41) is 0. The molecule has 1 aliphatic heterocycles. The Morgan fingerprint density at radius 2 is 1.86 bits per heavy atom. The van der Waals surface area contributed by atoms with Crippen LogP contribution < -0.4 is 10.5 Å². The number of aliphatic imine (C=N–C) groups is 1. The number of aryl methyl sites for hydroxylation is 1. The van der Waals surface area contributed by atoms with Crippen molar-refractivity contribution in [2.45, 2.75) is 12.5 Å². The highest BCUT2D eigenvalue weighted by atomic mass is 79.9. The van der Waals surface area contributed by atoms with E-state index in [1.54, 1.807) is 43.5 Å². The quantitative estimate of drug-likeness (QED) is 0.608. The van der Waals surface area contributed by atoms with Gasteiger partial charge in [-0.2, -0.15) is 0 Å². The molecule has 1 atom stereocenters. The molecule has 7 heteroatoms. The number of rotatable bonds is 3. The zero-order chi connectivity index (χ0) is 20.1. The molecule has 0 fully saturated rings. The third-order valence-electron chi connectivity index (χ3n) is 4.94. The highest BCUT2D eigenvalue weighted by molar-refractivity contribution is 9.10. The molecule has 0 saturated carbocycles. The van der Waals surface area contributed by atoms with E-state index in [0.717, 1.165) is 0 Å². The van der Waals surface area contributed by atoms with E-state index in [0.29, 0.717) is 26.9 Å². The van der Waals surface area contributed by atoms with Gasteiger partial charge in [0.15, 0.2) is 11.6 Å². The first kappa shape index (κ1) is 18.6. The Morgan fingerprint density at radius 3 is 2.54 bits per heavy atom. The summed E-state index contributed by atoms with van der Waals surface area (Å²) in [7, 11) is 1.41. The minimum atomic E-state index is -1.20. The summed E-state index contributed by atoms with van der Waals surface area (Å²) in [6.45, 7) is 1.75. The maximum Gasteiger partial charge on any atom is 0.165 e. The molecule has 142 valence electrons. The third kappa shape index (κ3) is 2.61. The molecule has 28 heavy (non-hydrogen) atoms. The van der Waals surface area contributed by atoms with Crippen molar-refractivity contribution in [1.82, 2.24) is 4.98 Å². The average Bonchev–Trinajstić information content (AvgIpc) is 2.96. The summed E-state index contributed by atoms with van der Waals surface area (Å²) in [6.07, 6.45) is 1.61. The molecule has 4 rings (SSSR count). The van der Waals surface area contributed by atoms with E-state index < -0.39 is 17.2 Å². The second-order valence-electron chi connectivity index (χ2n) is 6.55. The van der Waals surface area contributed by atoms with Crippen molar-refractivity contribution >= 4 is 21.8 Å². The normalized spacial score (nSPS) is 18.0. The van der Waals surface area contributed by atoms with Crippen LogP contribution in [0.25, 0.3) is 0 Å². The summed E-state index contributed by atoms with van der Waals surface area (Å²) < 4.78 is 35.1. The first-order valence-corrected chi connectivity index (χ1v) is 9.29. The summed E-state index contributed by atoms with van der Waals surface area (Å²) in [4.78, 5) is 8.83. The van der Waals surface area contributed by atoms with E-state index in [4.69, 9.17) is 10.5 Å². The molecule has 2 heterocycles. The van der Waals surface area contributed by atoms with Crippen molar-refractivity contribution < 1.29 is 13.5 Å². The van der Waals surface area contributed by atoms with Crippen LogP contribution in [0.5, 0.6) is 5.75 Å². The van der Waals surface area contributed by atoms with Gasteiger partial charge < -0.3 is 10.5 Å². The fourth-order valence-electron chi connectivity index (χ4n) is 3.82. The Kier molecular flexibility index (Phi) is 4.42. The fourth-order valence-corrected chi connectivity index (χ4v) is 4.18. The maximum absolute atomic E-state index is 14.8. The maximum atomic E-state index is 14.8. The lowest BCUT2D eigenvalue weighted by atomic mass is 9.77. The summed E-state index contributed by atoms with van der Waals surface area (Å²) in [5.74, 6) is -0.776. The number of methoxy groups -OCH3 is 1. The smallest absolute Gasteiger partial charge is 0.165 e. The van der Waals surface area contributed by atoms with Crippen LogP contribution in [-0.4, -0.2) is 17.9 Å². The molecular formula is C21H16BrF2N3O. The van der Waals surface area contributed by atoms with E-state index in [1.807, 2.05) is 0 Å². The minimum Gasteiger partial charge on any atom is -0.493 e. The molecule has 0 bridgehead atoms. The van der Waals surface area contributed by atoms with Gasteiger partial charge in [-0.25, -0.2) is 18.8 Å². The molecule has 0 amide bonds. The molecular weight excluding hydrogens is 428 g/mol. The Hall–Kier alpha value is -2.80. The molecule has 2 aromatic carbocycles. The van der Waals surface area contributed by atoms with Crippen molar-refractivity contribution in [3.8, 4) is 5.75 Å². The molecule has 2 N–H and O–H groups in total. The van der Waals surface area contributed by atoms with Gasteiger partial charge in [0.1, 0.15) is 21.8 Å². The lowest BCUT2D eigenvalue weighted by Crippen LogP contribution is -2.26. The van der Waals surface area contributed by atoms with Crippen LogP contribution in [0.15, 0.2) is 58.3 Å². The molecule has 0 aliphatic carbocycles. The topological polar surface area (TPSA) is 60.5 Å². The number of pyridine rings is 1. The first-order valence-electron chi connectivity index (χ1n) is 8.50. The minimum absolute atomic E-state index is 0.0647. The molecule has 0 radical (unpaired) electrons. The lowest BCUT2D eigenvalue weighted by Gasteiger charge is -2.30. The van der Waals surface area contributed by atoms with Gasteiger partial charge in [0.05, 0.1) is 12.7 Å². The molecule has 0 spiro atoms. The number of benzene rings is 2. The largest absolute Gasteiger partial charge is 0.493 e. The number of aromatic nitrogens is 1. The first-order chi connectivity index (χ1) is 13.4. The number of hydrogen-bond donors (Lipinski definition) is 1. The molecule has 1 aliphatic rings. The Balaban J connectivity index is 2.12. The number of ether oxygens (including phenoxy) is 1. The highest BCUT2D eigenvalue weighted by Gasteiger charge is 2.44. The van der Waals surface area contributed by atoms with E-state index >= 15 is 0 Å². The number of fused-ring (bicyclic) bond motifs is 1. The van der Waals surface area contributed by atoms with Gasteiger partial charge >= 0.3 is 0 Å². The predicted molar refractivity (Wildman–Crippen MR) is 107 cm³/mol. The Morgan fingerprint density at radius 1 is 1.07 bits per heavy atom. The number of hydrogen-bond acceptors (Lipinski definition) is 4. The van der Waals surface area contributed by atoms with Gasteiger partial charge in [0.25, 0.3) is 0 Å². The van der Waals surface area contributed by atoms with Crippen molar-refractivity contribution in [2.75, 3.05) is 7.11 Å². The number of nitrogens with two attached hydrogens (primary N) is 1. The molecule has 1 unspecified atom stereocenters. The van der Waals surface area contributed by atoms with Crippen LogP contribution in [0.3, 0.4) is 0 Å². The van der Waals surface area contributed by atoms with E-state index in [2.05, 4.69) is 25.9 Å². The average molecular weight is 444 g/mol. The van der Waals surface area contributed by atoms with Crippen LogP contribution in [0.1, 0.15) is 27.8 Å². The third-order valence-corrected chi connectivity index (χ3v) is 5.38. The highest BCUT2D eigenvalue weighted by Crippen LogP contribution is 2.47. The van der Waals surface area contributed by atoms with Crippen molar-refractivity contribution in [3.05, 3.63) is 92.7 Å². The molecule has 1 aromatic heterocycles. The summed E-state index contributed by atoms with van der Waals surface area (Å²) in [6, 6.07) is 11.4. The van der Waals surface area contributed by atoms with Gasteiger partial charge in [-0.3, -0.25) is 0 Å². The van der Waals surface area contributed by atoms with Crippen LogP contribution >= 0.6 is 15.9 Å². The standard InChI is InChI=1S/C21H16BrF2N3O/c1-11-8-13(9-16(24)19(11)28-2)21(12-6-7-26-17(22)10-12)14-4-3-5-15(23)18(14)20(25)27-21/h3-10H,1-2H3,(H2,25,27). The zero-order valence-corrected chi connectivity index (χ0v) is 16.7. The van der Waals surface area contributed by atoms with Crippen LogP contribution in [0.2, 0.25) is 0 Å². The van der Waals surface area contributed by atoms with Crippen LogP contribution in [0.4, 0.5) is 8.78 Å². The lowest BCUT2D eigenvalue weighted by molar-refractivity contribution is 0.382. The van der Waals surface area contributed by atoms with Crippen molar-refractivity contribution in [1.29, 1.82) is 0 Å². The number of nitrogens with zero attached hydrogens (tertiary/aromatic N) is 2. The second kappa shape index (κ2) is 6.67. The number of halogens is 3.